The highest BCUT2D eigenvalue weighted by Crippen LogP contribution is 2.12. The van der Waals surface area contributed by atoms with E-state index in [-0.39, 0.29) is 0 Å². The summed E-state index contributed by atoms with van der Waals surface area (Å²) in [6.45, 7) is 7.97. The fourth-order valence-electron chi connectivity index (χ4n) is 1.35. The molecule has 1 atom stereocenters. The Kier molecular flexibility index (Phi) is 4.66. The van der Waals surface area contributed by atoms with Gasteiger partial charge in [0, 0.05) is 18.8 Å². The number of hydrogen-bond donors (Lipinski definition) is 0. The zero-order chi connectivity index (χ0) is 10.4. The molecule has 0 amide bonds. The average Bonchev–Trinajstić information content (AvgIpc) is 2.65. The minimum absolute atomic E-state index is 0.463. The van der Waals surface area contributed by atoms with Gasteiger partial charge in [-0.3, -0.25) is 4.68 Å². The maximum atomic E-state index is 5.50. The molecule has 1 rings (SSSR count). The topological polar surface area (TPSA) is 27.1 Å². The monoisotopic (exact) mass is 196 g/mol. The van der Waals surface area contributed by atoms with Crippen molar-refractivity contribution in [2.45, 2.75) is 46.3 Å². The first kappa shape index (κ1) is 11.2. The first-order valence-electron chi connectivity index (χ1n) is 5.39. The Hall–Kier alpha value is -0.830. The summed E-state index contributed by atoms with van der Waals surface area (Å²) in [5.74, 6) is 0. The third-order valence-electron chi connectivity index (χ3n) is 2.36. The maximum absolute atomic E-state index is 5.50. The van der Waals surface area contributed by atoms with Crippen LogP contribution in [0.15, 0.2) is 12.3 Å². The van der Waals surface area contributed by atoms with Gasteiger partial charge in [0.15, 0.2) is 0 Å². The minimum atomic E-state index is 0.463. The Morgan fingerprint density at radius 2 is 2.29 bits per heavy atom. The van der Waals surface area contributed by atoms with Crippen molar-refractivity contribution in [2.24, 2.45) is 0 Å². The van der Waals surface area contributed by atoms with Crippen molar-refractivity contribution in [1.82, 2.24) is 9.78 Å². The van der Waals surface area contributed by atoms with Gasteiger partial charge in [-0.25, -0.2) is 0 Å². The van der Waals surface area contributed by atoms with Crippen molar-refractivity contribution in [3.8, 4) is 0 Å². The van der Waals surface area contributed by atoms with E-state index in [2.05, 4.69) is 30.6 Å². The first-order chi connectivity index (χ1) is 6.79. The van der Waals surface area contributed by atoms with Crippen LogP contribution in [0.3, 0.4) is 0 Å². The van der Waals surface area contributed by atoms with E-state index >= 15 is 0 Å². The molecule has 1 aromatic heterocycles. The van der Waals surface area contributed by atoms with Crippen LogP contribution in [0.5, 0.6) is 0 Å². The van der Waals surface area contributed by atoms with Gasteiger partial charge in [0.05, 0.1) is 12.3 Å². The van der Waals surface area contributed by atoms with E-state index in [9.17, 15) is 0 Å². The van der Waals surface area contributed by atoms with Crippen LogP contribution >= 0.6 is 0 Å². The second kappa shape index (κ2) is 5.81. The zero-order valence-corrected chi connectivity index (χ0v) is 9.36. The number of aromatic nitrogens is 2. The Morgan fingerprint density at radius 1 is 1.50 bits per heavy atom. The van der Waals surface area contributed by atoms with Crippen LogP contribution in [-0.4, -0.2) is 16.4 Å². The third-order valence-corrected chi connectivity index (χ3v) is 2.36. The average molecular weight is 196 g/mol. The lowest BCUT2D eigenvalue weighted by molar-refractivity contribution is 0.114. The van der Waals surface area contributed by atoms with Gasteiger partial charge < -0.3 is 4.74 Å². The lowest BCUT2D eigenvalue weighted by atomic mass is 10.2. The Morgan fingerprint density at radius 3 is 2.93 bits per heavy atom. The van der Waals surface area contributed by atoms with Gasteiger partial charge in [-0.1, -0.05) is 13.8 Å². The van der Waals surface area contributed by atoms with Crippen LogP contribution < -0.4 is 0 Å². The summed E-state index contributed by atoms with van der Waals surface area (Å²) in [6, 6.07) is 2.49. The largest absolute Gasteiger partial charge is 0.375 e. The lowest BCUT2D eigenvalue weighted by Gasteiger charge is -2.13. The van der Waals surface area contributed by atoms with Crippen LogP contribution in [0.2, 0.25) is 0 Å². The number of hydrogen-bond acceptors (Lipinski definition) is 2. The molecule has 0 saturated carbocycles. The molecule has 0 spiro atoms. The smallest absolute Gasteiger partial charge is 0.0884 e. The van der Waals surface area contributed by atoms with Gasteiger partial charge in [-0.05, 0) is 25.8 Å². The first-order valence-corrected chi connectivity index (χ1v) is 5.39. The fourth-order valence-corrected chi connectivity index (χ4v) is 1.35. The van der Waals surface area contributed by atoms with Crippen molar-refractivity contribution in [1.29, 1.82) is 0 Å². The number of ether oxygens (including phenoxy) is 1. The summed E-state index contributed by atoms with van der Waals surface area (Å²) in [5, 5.41) is 4.30. The molecular weight excluding hydrogens is 176 g/mol. The summed E-state index contributed by atoms with van der Waals surface area (Å²) in [5.41, 5.74) is 1.17. The second-order valence-corrected chi connectivity index (χ2v) is 3.58. The van der Waals surface area contributed by atoms with E-state index in [1.807, 2.05) is 12.3 Å². The molecular formula is C11H20N2O. The lowest BCUT2D eigenvalue weighted by Crippen LogP contribution is -2.10. The van der Waals surface area contributed by atoms with Crippen molar-refractivity contribution in [2.75, 3.05) is 6.61 Å². The van der Waals surface area contributed by atoms with E-state index in [1.54, 1.807) is 0 Å². The van der Waals surface area contributed by atoms with E-state index in [1.165, 1.54) is 5.69 Å². The van der Waals surface area contributed by atoms with Gasteiger partial charge >= 0.3 is 0 Å². The molecule has 1 aromatic rings. The van der Waals surface area contributed by atoms with Crippen molar-refractivity contribution < 1.29 is 4.74 Å². The molecule has 0 aliphatic rings. The molecule has 3 heteroatoms. The molecule has 1 heterocycles. The van der Waals surface area contributed by atoms with Crippen molar-refractivity contribution in [3.05, 3.63) is 18.0 Å². The predicted octanol–water partition coefficient (Wildman–Crippen LogP) is 2.78. The molecule has 0 radical (unpaired) electrons. The van der Waals surface area contributed by atoms with E-state index in [0.29, 0.717) is 12.6 Å². The quantitative estimate of drug-likeness (QED) is 0.654. The summed E-state index contributed by atoms with van der Waals surface area (Å²) in [6.07, 6.45) is 4.01. The van der Waals surface area contributed by atoms with Gasteiger partial charge in [0.25, 0.3) is 0 Å². The molecule has 0 bridgehead atoms. The Labute approximate surface area is 86.1 Å². The van der Waals surface area contributed by atoms with Gasteiger partial charge in [0.2, 0.25) is 0 Å². The number of rotatable bonds is 6. The van der Waals surface area contributed by atoms with Crippen LogP contribution in [0, 0.1) is 0 Å². The van der Waals surface area contributed by atoms with Crippen molar-refractivity contribution in [3.63, 3.8) is 0 Å². The zero-order valence-electron chi connectivity index (χ0n) is 9.36. The Balaban J connectivity index is 2.53. The molecule has 3 nitrogen and oxygen atoms in total. The SMILES string of the molecule is CCCOCc1ccnn1C(C)CC. The van der Waals surface area contributed by atoms with Crippen LogP contribution in [0.1, 0.15) is 45.3 Å². The summed E-state index contributed by atoms with van der Waals surface area (Å²) in [7, 11) is 0. The highest BCUT2D eigenvalue weighted by molar-refractivity contribution is 5.00. The number of nitrogens with zero attached hydrogens (tertiary/aromatic N) is 2. The minimum Gasteiger partial charge on any atom is -0.375 e. The Bertz CT molecular complexity index is 258. The summed E-state index contributed by atoms with van der Waals surface area (Å²) < 4.78 is 7.55. The molecule has 0 saturated heterocycles. The van der Waals surface area contributed by atoms with E-state index < -0.39 is 0 Å². The molecule has 0 fully saturated rings. The van der Waals surface area contributed by atoms with Crippen LogP contribution in [0.25, 0.3) is 0 Å². The molecule has 0 N–H and O–H groups in total. The normalized spacial score (nSPS) is 13.1. The van der Waals surface area contributed by atoms with E-state index in [0.717, 1.165) is 19.4 Å². The standard InChI is InChI=1S/C11H20N2O/c1-4-8-14-9-11-6-7-12-13(11)10(3)5-2/h6-7,10H,4-5,8-9H2,1-3H3. The summed E-state index contributed by atoms with van der Waals surface area (Å²) >= 11 is 0. The maximum Gasteiger partial charge on any atom is 0.0884 e. The van der Waals surface area contributed by atoms with Crippen LogP contribution in [0.4, 0.5) is 0 Å². The molecule has 0 aliphatic carbocycles. The fraction of sp³-hybridized carbons (Fsp3) is 0.727. The highest BCUT2D eigenvalue weighted by Gasteiger charge is 2.07. The van der Waals surface area contributed by atoms with E-state index in [4.69, 9.17) is 4.74 Å². The summed E-state index contributed by atoms with van der Waals surface area (Å²) in [4.78, 5) is 0. The molecule has 14 heavy (non-hydrogen) atoms. The third kappa shape index (κ3) is 2.84. The van der Waals surface area contributed by atoms with Gasteiger partial charge in [-0.2, -0.15) is 5.10 Å². The molecule has 0 aromatic carbocycles. The van der Waals surface area contributed by atoms with Crippen molar-refractivity contribution >= 4 is 0 Å². The van der Waals surface area contributed by atoms with Gasteiger partial charge in [0.1, 0.15) is 0 Å². The molecule has 80 valence electrons. The molecule has 0 aliphatic heterocycles. The van der Waals surface area contributed by atoms with Crippen LogP contribution in [-0.2, 0) is 11.3 Å². The van der Waals surface area contributed by atoms with Gasteiger partial charge in [-0.15, -0.1) is 0 Å². The second-order valence-electron chi connectivity index (χ2n) is 3.58. The molecule has 1 unspecified atom stereocenters. The highest BCUT2D eigenvalue weighted by atomic mass is 16.5. The predicted molar refractivity (Wildman–Crippen MR) is 57.2 cm³/mol.